The van der Waals surface area contributed by atoms with Crippen molar-refractivity contribution < 1.29 is 14.7 Å². The summed E-state index contributed by atoms with van der Waals surface area (Å²) in [6.07, 6.45) is 4.22. The monoisotopic (exact) mass is 459 g/mol. The smallest absolute Gasteiger partial charge is 0.335 e. The van der Waals surface area contributed by atoms with Crippen LogP contribution in [-0.4, -0.2) is 47.2 Å². The molecule has 10 heteroatoms. The number of nitrogens with one attached hydrogen (secondary N) is 1. The first-order chi connectivity index (χ1) is 16.6. The second-order valence-electron chi connectivity index (χ2n) is 7.84. The quantitative estimate of drug-likeness (QED) is 0.372. The van der Waals surface area contributed by atoms with Crippen LogP contribution in [-0.2, 0) is 19.5 Å². The van der Waals surface area contributed by atoms with Crippen molar-refractivity contribution in [2.24, 2.45) is 0 Å². The summed E-state index contributed by atoms with van der Waals surface area (Å²) in [5.41, 5.74) is 2.39. The predicted molar refractivity (Wildman–Crippen MR) is 124 cm³/mol. The van der Waals surface area contributed by atoms with Crippen molar-refractivity contribution in [1.29, 1.82) is 0 Å². The van der Waals surface area contributed by atoms with E-state index < -0.39 is 5.97 Å². The average Bonchev–Trinajstić information content (AvgIpc) is 3.52. The Morgan fingerprint density at radius 2 is 1.82 bits per heavy atom. The summed E-state index contributed by atoms with van der Waals surface area (Å²) in [6.45, 7) is 2.75. The van der Waals surface area contributed by atoms with E-state index in [2.05, 4.69) is 32.5 Å². The first-order valence-corrected chi connectivity index (χ1v) is 11.0. The minimum atomic E-state index is -0.981. The molecule has 4 aromatic rings. The van der Waals surface area contributed by atoms with Crippen LogP contribution in [0.1, 0.15) is 57.6 Å². The van der Waals surface area contributed by atoms with Crippen molar-refractivity contribution in [3.05, 3.63) is 89.0 Å². The van der Waals surface area contributed by atoms with Crippen LogP contribution in [0.3, 0.4) is 0 Å². The lowest BCUT2D eigenvalue weighted by Gasteiger charge is -2.20. The van der Waals surface area contributed by atoms with Gasteiger partial charge in [-0.1, -0.05) is 60.9 Å². The van der Waals surface area contributed by atoms with Gasteiger partial charge in [0.2, 0.25) is 0 Å². The SMILES string of the molecule is CCCCc1ncc(C(=O)N(Cc2ccccc2)c2nn[nH]n2)n1Cc1ccc(C(=O)O)cc1. The van der Waals surface area contributed by atoms with Gasteiger partial charge in [0.25, 0.3) is 11.9 Å². The predicted octanol–water partition coefficient (Wildman–Crippen LogP) is 3.33. The number of H-pyrrole nitrogens is 1. The van der Waals surface area contributed by atoms with Gasteiger partial charge in [0, 0.05) is 13.0 Å². The fourth-order valence-electron chi connectivity index (χ4n) is 3.64. The molecule has 4 rings (SSSR count). The zero-order valence-corrected chi connectivity index (χ0v) is 18.8. The summed E-state index contributed by atoms with van der Waals surface area (Å²) in [5, 5.41) is 23.3. The van der Waals surface area contributed by atoms with E-state index in [1.165, 1.54) is 4.90 Å². The fourth-order valence-corrected chi connectivity index (χ4v) is 3.64. The van der Waals surface area contributed by atoms with Gasteiger partial charge in [-0.25, -0.2) is 9.78 Å². The number of imidazole rings is 1. The van der Waals surface area contributed by atoms with E-state index in [0.717, 1.165) is 36.2 Å². The Labute approximate surface area is 196 Å². The number of aromatic nitrogens is 6. The van der Waals surface area contributed by atoms with Gasteiger partial charge in [-0.05, 0) is 34.9 Å². The Balaban J connectivity index is 1.69. The molecular formula is C24H25N7O3. The number of aromatic amines is 1. The molecule has 0 atom stereocenters. The number of nitrogens with zero attached hydrogens (tertiary/aromatic N) is 6. The largest absolute Gasteiger partial charge is 0.478 e. The molecule has 174 valence electrons. The van der Waals surface area contributed by atoms with Gasteiger partial charge >= 0.3 is 5.97 Å². The molecule has 0 radical (unpaired) electrons. The molecule has 0 fully saturated rings. The topological polar surface area (TPSA) is 130 Å². The highest BCUT2D eigenvalue weighted by atomic mass is 16.4. The number of aromatic carboxylic acids is 1. The standard InChI is InChI=1S/C24H25N7O3/c1-2-3-9-21-25-14-20(30(21)15-18-10-12-19(13-11-18)23(33)34)22(32)31(24-26-28-29-27-24)16-17-7-5-4-6-8-17/h4-8,10-14H,2-3,9,15-16H2,1H3,(H,33,34)(H,26,27,28,29). The van der Waals surface area contributed by atoms with Crippen molar-refractivity contribution >= 4 is 17.8 Å². The first kappa shape index (κ1) is 22.8. The molecule has 1 amide bonds. The van der Waals surface area contributed by atoms with Gasteiger partial charge in [0.15, 0.2) is 0 Å². The average molecular weight is 460 g/mol. The maximum atomic E-state index is 13.8. The van der Waals surface area contributed by atoms with Gasteiger partial charge in [-0.15, -0.1) is 5.10 Å². The van der Waals surface area contributed by atoms with Crippen LogP contribution in [0.5, 0.6) is 0 Å². The third-order valence-electron chi connectivity index (χ3n) is 5.46. The lowest BCUT2D eigenvalue weighted by molar-refractivity contribution is 0.0696. The molecule has 2 aromatic heterocycles. The van der Waals surface area contributed by atoms with Gasteiger partial charge in [-0.2, -0.15) is 5.21 Å². The van der Waals surface area contributed by atoms with Crippen LogP contribution in [0.2, 0.25) is 0 Å². The Kier molecular flexibility index (Phi) is 7.07. The molecule has 0 saturated heterocycles. The fraction of sp³-hybridized carbons (Fsp3) is 0.250. The molecule has 2 aromatic carbocycles. The summed E-state index contributed by atoms with van der Waals surface area (Å²) in [5.74, 6) is -0.323. The number of benzene rings is 2. The number of hydrogen-bond acceptors (Lipinski definition) is 6. The number of aryl methyl sites for hydroxylation is 1. The first-order valence-electron chi connectivity index (χ1n) is 11.0. The lowest BCUT2D eigenvalue weighted by atomic mass is 10.1. The molecule has 0 aliphatic rings. The molecule has 0 aliphatic heterocycles. The van der Waals surface area contributed by atoms with Crippen LogP contribution >= 0.6 is 0 Å². The lowest BCUT2D eigenvalue weighted by Crippen LogP contribution is -2.33. The highest BCUT2D eigenvalue weighted by molar-refractivity contribution is 6.03. The number of unbranched alkanes of at least 4 members (excludes halogenated alkanes) is 1. The zero-order chi connectivity index (χ0) is 23.9. The zero-order valence-electron chi connectivity index (χ0n) is 18.8. The van der Waals surface area contributed by atoms with E-state index in [-0.39, 0.29) is 24.0 Å². The number of carbonyl (C=O) groups is 2. The number of carboxylic acid groups (broad SMARTS) is 1. The second kappa shape index (κ2) is 10.5. The van der Waals surface area contributed by atoms with Gasteiger partial charge < -0.3 is 9.67 Å². The normalized spacial score (nSPS) is 10.9. The van der Waals surface area contributed by atoms with E-state index in [9.17, 15) is 14.7 Å². The van der Waals surface area contributed by atoms with Crippen molar-refractivity contribution in [3.63, 3.8) is 0 Å². The van der Waals surface area contributed by atoms with Crippen LogP contribution in [0.25, 0.3) is 0 Å². The number of carboxylic acids is 1. The van der Waals surface area contributed by atoms with E-state index in [4.69, 9.17) is 0 Å². The molecule has 2 heterocycles. The number of tetrazole rings is 1. The highest BCUT2D eigenvalue weighted by Crippen LogP contribution is 2.19. The summed E-state index contributed by atoms with van der Waals surface area (Å²) in [6, 6.07) is 16.2. The summed E-state index contributed by atoms with van der Waals surface area (Å²) in [7, 11) is 0. The van der Waals surface area contributed by atoms with Crippen molar-refractivity contribution in [3.8, 4) is 0 Å². The maximum Gasteiger partial charge on any atom is 0.335 e. The van der Waals surface area contributed by atoms with Crippen molar-refractivity contribution in [2.45, 2.75) is 39.3 Å². The molecule has 0 bridgehead atoms. The van der Waals surface area contributed by atoms with Crippen molar-refractivity contribution in [2.75, 3.05) is 4.90 Å². The van der Waals surface area contributed by atoms with Crippen LogP contribution in [0, 0.1) is 0 Å². The highest BCUT2D eigenvalue weighted by Gasteiger charge is 2.26. The molecular weight excluding hydrogens is 434 g/mol. The summed E-state index contributed by atoms with van der Waals surface area (Å²) in [4.78, 5) is 31.0. The Morgan fingerprint density at radius 3 is 2.47 bits per heavy atom. The van der Waals surface area contributed by atoms with Crippen LogP contribution in [0.4, 0.5) is 5.95 Å². The number of carbonyl (C=O) groups excluding carboxylic acids is 1. The minimum Gasteiger partial charge on any atom is -0.478 e. The molecule has 0 saturated carbocycles. The molecule has 2 N–H and O–H groups in total. The second-order valence-corrected chi connectivity index (χ2v) is 7.84. The van der Waals surface area contributed by atoms with Gasteiger partial charge in [0.1, 0.15) is 11.5 Å². The summed E-state index contributed by atoms with van der Waals surface area (Å²) < 4.78 is 1.88. The third-order valence-corrected chi connectivity index (χ3v) is 5.46. The Bertz CT molecular complexity index is 1240. The number of hydrogen-bond donors (Lipinski definition) is 2. The minimum absolute atomic E-state index is 0.169. The van der Waals surface area contributed by atoms with E-state index in [1.54, 1.807) is 30.5 Å². The number of anilines is 1. The third kappa shape index (κ3) is 5.17. The summed E-state index contributed by atoms with van der Waals surface area (Å²) >= 11 is 0. The van der Waals surface area contributed by atoms with E-state index in [0.29, 0.717) is 12.2 Å². The van der Waals surface area contributed by atoms with Crippen LogP contribution in [0.15, 0.2) is 60.8 Å². The molecule has 0 spiro atoms. The van der Waals surface area contributed by atoms with E-state index >= 15 is 0 Å². The molecule has 10 nitrogen and oxygen atoms in total. The number of rotatable bonds is 10. The molecule has 34 heavy (non-hydrogen) atoms. The van der Waals surface area contributed by atoms with E-state index in [1.807, 2.05) is 34.9 Å². The van der Waals surface area contributed by atoms with Gasteiger partial charge in [0.05, 0.1) is 18.3 Å². The van der Waals surface area contributed by atoms with Gasteiger partial charge in [-0.3, -0.25) is 9.69 Å². The maximum absolute atomic E-state index is 13.8. The van der Waals surface area contributed by atoms with Crippen LogP contribution < -0.4 is 4.90 Å². The molecule has 0 unspecified atom stereocenters. The van der Waals surface area contributed by atoms with Crippen molar-refractivity contribution in [1.82, 2.24) is 30.2 Å². The Morgan fingerprint density at radius 1 is 1.06 bits per heavy atom. The molecule has 0 aliphatic carbocycles. The number of amides is 1. The Hall–Kier alpha value is -4.34.